The van der Waals surface area contributed by atoms with Gasteiger partial charge in [0.1, 0.15) is 18.0 Å². The van der Waals surface area contributed by atoms with Crippen LogP contribution in [0, 0.1) is 6.92 Å². The Hall–Kier alpha value is -3.57. The van der Waals surface area contributed by atoms with Crippen LogP contribution in [0.25, 0.3) is 5.65 Å². The average molecular weight is 398 g/mol. The van der Waals surface area contributed by atoms with Crippen molar-refractivity contribution in [3.8, 4) is 0 Å². The van der Waals surface area contributed by atoms with Gasteiger partial charge in [-0.1, -0.05) is 6.07 Å². The van der Waals surface area contributed by atoms with Crippen molar-refractivity contribution < 1.29 is 27.9 Å². The van der Waals surface area contributed by atoms with Crippen molar-refractivity contribution in [3.63, 3.8) is 0 Å². The second-order valence-electron chi connectivity index (χ2n) is 5.63. The summed E-state index contributed by atoms with van der Waals surface area (Å²) in [4.78, 5) is 25.1. The van der Waals surface area contributed by atoms with Crippen LogP contribution < -0.4 is 11.1 Å². The van der Waals surface area contributed by atoms with Crippen LogP contribution in [0.2, 0.25) is 0 Å². The van der Waals surface area contributed by atoms with Gasteiger partial charge in [-0.3, -0.25) is 4.79 Å². The van der Waals surface area contributed by atoms with Gasteiger partial charge in [0.05, 0.1) is 24.1 Å². The number of aryl methyl sites for hydroxylation is 1. The average Bonchev–Trinajstić information content (AvgIpc) is 3.15. The number of nitrogen functional groups attached to an aromatic ring is 1. The van der Waals surface area contributed by atoms with Gasteiger partial charge in [-0.2, -0.15) is 18.3 Å². The quantitative estimate of drug-likeness (QED) is 0.609. The van der Waals surface area contributed by atoms with Gasteiger partial charge in [-0.25, -0.2) is 14.5 Å². The molecule has 9 nitrogen and oxygen atoms in total. The number of halogens is 3. The van der Waals surface area contributed by atoms with Crippen LogP contribution in [0.1, 0.15) is 11.4 Å². The maximum atomic E-state index is 11.9. The van der Waals surface area contributed by atoms with Crippen LogP contribution in [-0.2, 0) is 22.7 Å². The second kappa shape index (κ2) is 8.41. The summed E-state index contributed by atoms with van der Waals surface area (Å²) >= 11 is 0. The smallest absolute Gasteiger partial charge is 0.475 e. The number of pyridine rings is 1. The molecular formula is C16H17F3N6O3. The van der Waals surface area contributed by atoms with Crippen molar-refractivity contribution in [2.75, 3.05) is 5.73 Å². The lowest BCUT2D eigenvalue weighted by molar-refractivity contribution is -0.192. The second-order valence-corrected chi connectivity index (χ2v) is 5.63. The number of aromatic nitrogens is 4. The zero-order chi connectivity index (χ0) is 20.9. The maximum absolute atomic E-state index is 11.9. The molecule has 150 valence electrons. The highest BCUT2D eigenvalue weighted by Gasteiger charge is 2.38. The van der Waals surface area contributed by atoms with Crippen LogP contribution in [0.15, 0.2) is 36.7 Å². The van der Waals surface area contributed by atoms with E-state index in [0.717, 1.165) is 17.0 Å². The first-order chi connectivity index (χ1) is 13.1. The molecule has 0 atom stereocenters. The van der Waals surface area contributed by atoms with Gasteiger partial charge >= 0.3 is 12.1 Å². The van der Waals surface area contributed by atoms with Crippen molar-refractivity contribution in [2.24, 2.45) is 0 Å². The first kappa shape index (κ1) is 20.7. The van der Waals surface area contributed by atoms with Crippen molar-refractivity contribution in [2.45, 2.75) is 26.2 Å². The Morgan fingerprint density at radius 2 is 2.00 bits per heavy atom. The Morgan fingerprint density at radius 3 is 2.57 bits per heavy atom. The van der Waals surface area contributed by atoms with Crippen LogP contribution in [0.5, 0.6) is 0 Å². The molecule has 0 radical (unpaired) electrons. The number of aliphatic carboxylic acids is 1. The molecule has 0 spiro atoms. The number of imidazole rings is 1. The van der Waals surface area contributed by atoms with E-state index in [-0.39, 0.29) is 12.5 Å². The Kier molecular flexibility index (Phi) is 6.23. The molecule has 0 aromatic carbocycles. The van der Waals surface area contributed by atoms with E-state index < -0.39 is 12.1 Å². The number of fused-ring (bicyclic) bond motifs is 1. The topological polar surface area (TPSA) is 128 Å². The molecule has 4 N–H and O–H groups in total. The molecule has 3 rings (SSSR count). The minimum Gasteiger partial charge on any atom is -0.475 e. The van der Waals surface area contributed by atoms with Gasteiger partial charge in [0.15, 0.2) is 0 Å². The molecule has 3 aromatic heterocycles. The Labute approximate surface area is 156 Å². The number of carbonyl (C=O) groups is 2. The highest BCUT2D eigenvalue weighted by Crippen LogP contribution is 2.13. The molecule has 3 heterocycles. The number of hydrogen-bond acceptors (Lipinski definition) is 5. The lowest BCUT2D eigenvalue weighted by atomic mass is 10.4. The standard InChI is InChI=1S/C14H16N6O.C2HF3O2/c1-10-6-12(15)20(18-10)9-14(21)17-8-11-7-16-13-4-2-3-5-19(11)13;3-2(4,5)1(6)7/h2-7H,8-9,15H2,1H3,(H,17,21);(H,6,7). The lowest BCUT2D eigenvalue weighted by Crippen LogP contribution is -2.28. The minimum atomic E-state index is -5.08. The highest BCUT2D eigenvalue weighted by molar-refractivity contribution is 5.76. The van der Waals surface area contributed by atoms with E-state index in [0.29, 0.717) is 12.4 Å². The van der Waals surface area contributed by atoms with Gasteiger partial charge in [0.25, 0.3) is 0 Å². The molecule has 0 aliphatic carbocycles. The summed E-state index contributed by atoms with van der Waals surface area (Å²) < 4.78 is 35.2. The van der Waals surface area contributed by atoms with Crippen LogP contribution in [0.3, 0.4) is 0 Å². The summed E-state index contributed by atoms with van der Waals surface area (Å²) in [6.45, 7) is 2.35. The number of hydrogen-bond donors (Lipinski definition) is 3. The molecule has 0 bridgehead atoms. The predicted octanol–water partition coefficient (Wildman–Crippen LogP) is 1.37. The zero-order valence-corrected chi connectivity index (χ0v) is 14.6. The number of nitrogens with one attached hydrogen (secondary N) is 1. The fourth-order valence-electron chi connectivity index (χ4n) is 2.19. The van der Waals surface area contributed by atoms with E-state index in [1.54, 1.807) is 12.3 Å². The summed E-state index contributed by atoms with van der Waals surface area (Å²) in [5.74, 6) is -2.42. The number of nitrogens with two attached hydrogens (primary N) is 1. The molecule has 1 amide bonds. The maximum Gasteiger partial charge on any atom is 0.490 e. The molecule has 0 aliphatic heterocycles. The third-order valence-electron chi connectivity index (χ3n) is 3.43. The zero-order valence-electron chi connectivity index (χ0n) is 14.6. The van der Waals surface area contributed by atoms with Crippen molar-refractivity contribution >= 4 is 23.3 Å². The largest absolute Gasteiger partial charge is 0.490 e. The van der Waals surface area contributed by atoms with Crippen molar-refractivity contribution in [1.29, 1.82) is 0 Å². The monoisotopic (exact) mass is 398 g/mol. The number of rotatable bonds is 4. The molecule has 28 heavy (non-hydrogen) atoms. The van der Waals surface area contributed by atoms with Crippen LogP contribution in [-0.4, -0.2) is 42.3 Å². The third-order valence-corrected chi connectivity index (χ3v) is 3.43. The van der Waals surface area contributed by atoms with E-state index in [9.17, 15) is 18.0 Å². The van der Waals surface area contributed by atoms with Gasteiger partial charge in [0.2, 0.25) is 5.91 Å². The molecule has 0 unspecified atom stereocenters. The van der Waals surface area contributed by atoms with E-state index >= 15 is 0 Å². The normalized spacial score (nSPS) is 11.0. The fraction of sp³-hybridized carbons (Fsp3) is 0.250. The van der Waals surface area contributed by atoms with E-state index in [2.05, 4.69) is 15.4 Å². The SMILES string of the molecule is Cc1cc(N)n(CC(=O)NCc2cnc3ccccn23)n1.O=C(O)C(F)(F)F. The number of carboxylic acid groups (broad SMARTS) is 1. The molecule has 0 aliphatic rings. The Balaban J connectivity index is 0.000000345. The number of amides is 1. The molecule has 0 saturated carbocycles. The summed E-state index contributed by atoms with van der Waals surface area (Å²) in [6.07, 6.45) is -1.42. The molecule has 0 fully saturated rings. The number of nitrogens with zero attached hydrogens (tertiary/aromatic N) is 4. The summed E-state index contributed by atoms with van der Waals surface area (Å²) in [7, 11) is 0. The van der Waals surface area contributed by atoms with Crippen molar-refractivity contribution in [3.05, 3.63) is 48.0 Å². The van der Waals surface area contributed by atoms with Gasteiger partial charge in [-0.05, 0) is 19.1 Å². The lowest BCUT2D eigenvalue weighted by Gasteiger charge is -2.06. The first-order valence-corrected chi connectivity index (χ1v) is 7.85. The van der Waals surface area contributed by atoms with E-state index in [1.807, 2.05) is 35.7 Å². The number of carboxylic acids is 1. The third kappa shape index (κ3) is 5.46. The minimum absolute atomic E-state index is 0.108. The van der Waals surface area contributed by atoms with Crippen molar-refractivity contribution in [1.82, 2.24) is 24.5 Å². The van der Waals surface area contributed by atoms with Gasteiger partial charge in [-0.15, -0.1) is 0 Å². The first-order valence-electron chi connectivity index (χ1n) is 7.85. The number of carbonyl (C=O) groups excluding carboxylic acids is 1. The molecule has 12 heteroatoms. The number of alkyl halides is 3. The Morgan fingerprint density at radius 1 is 1.32 bits per heavy atom. The van der Waals surface area contributed by atoms with Gasteiger partial charge < -0.3 is 20.6 Å². The predicted molar refractivity (Wildman–Crippen MR) is 92.1 cm³/mol. The highest BCUT2D eigenvalue weighted by atomic mass is 19.4. The fourth-order valence-corrected chi connectivity index (χ4v) is 2.19. The molecular weight excluding hydrogens is 381 g/mol. The number of anilines is 1. The molecule has 0 saturated heterocycles. The van der Waals surface area contributed by atoms with Crippen LogP contribution in [0.4, 0.5) is 19.0 Å². The summed E-state index contributed by atoms with van der Waals surface area (Å²) in [6, 6.07) is 7.50. The van der Waals surface area contributed by atoms with Gasteiger partial charge in [0, 0.05) is 12.3 Å². The Bertz CT molecular complexity index is 980. The summed E-state index contributed by atoms with van der Waals surface area (Å²) in [5.41, 5.74) is 8.33. The van der Waals surface area contributed by atoms with E-state index in [4.69, 9.17) is 15.6 Å². The van der Waals surface area contributed by atoms with E-state index in [1.165, 1.54) is 4.68 Å². The summed E-state index contributed by atoms with van der Waals surface area (Å²) in [5, 5.41) is 14.1. The molecule has 3 aromatic rings. The van der Waals surface area contributed by atoms with Crippen LogP contribution >= 0.6 is 0 Å².